The molecule has 1 heterocycles. The van der Waals surface area contributed by atoms with E-state index in [0.717, 1.165) is 31.4 Å². The third-order valence-corrected chi connectivity index (χ3v) is 4.26. The standard InChI is InChI=1S/C18H25NO4/c1-13(2)22-15-7-5-14(6-8-15)17(20)19-11-16-12-21-18(23-16)9-3-4-10-18/h5-8,13,16H,3-4,9-12H2,1-2H3,(H,19,20)/t16-/m0/s1. The van der Waals surface area contributed by atoms with Crippen LogP contribution in [0.1, 0.15) is 49.9 Å². The van der Waals surface area contributed by atoms with Crippen LogP contribution in [0.15, 0.2) is 24.3 Å². The molecule has 1 N–H and O–H groups in total. The van der Waals surface area contributed by atoms with Crippen molar-refractivity contribution in [3.05, 3.63) is 29.8 Å². The quantitative estimate of drug-likeness (QED) is 0.906. The lowest BCUT2D eigenvalue weighted by Crippen LogP contribution is -2.35. The maximum absolute atomic E-state index is 12.2. The minimum absolute atomic E-state index is 0.0550. The average molecular weight is 319 g/mol. The molecular formula is C18H25NO4. The molecule has 2 aliphatic rings. The van der Waals surface area contributed by atoms with E-state index in [4.69, 9.17) is 14.2 Å². The van der Waals surface area contributed by atoms with Gasteiger partial charge >= 0.3 is 0 Å². The number of hydrogen-bond acceptors (Lipinski definition) is 4. The van der Waals surface area contributed by atoms with Crippen molar-refractivity contribution in [3.63, 3.8) is 0 Å². The van der Waals surface area contributed by atoms with Gasteiger partial charge in [0.25, 0.3) is 5.91 Å². The molecule has 0 aromatic heterocycles. The fraction of sp³-hybridized carbons (Fsp3) is 0.611. The molecule has 1 atom stereocenters. The molecule has 0 bridgehead atoms. The zero-order valence-electron chi connectivity index (χ0n) is 13.8. The Hall–Kier alpha value is -1.59. The largest absolute Gasteiger partial charge is 0.491 e. The van der Waals surface area contributed by atoms with Gasteiger partial charge in [-0.3, -0.25) is 4.79 Å². The predicted octanol–water partition coefficient (Wildman–Crippen LogP) is 2.89. The Morgan fingerprint density at radius 3 is 2.65 bits per heavy atom. The van der Waals surface area contributed by atoms with Crippen LogP contribution in [0.5, 0.6) is 5.75 Å². The molecule has 0 unspecified atom stereocenters. The van der Waals surface area contributed by atoms with E-state index in [-0.39, 0.29) is 23.9 Å². The second kappa shape index (κ2) is 6.89. The summed E-state index contributed by atoms with van der Waals surface area (Å²) >= 11 is 0. The fourth-order valence-electron chi connectivity index (χ4n) is 3.16. The lowest BCUT2D eigenvalue weighted by Gasteiger charge is -2.21. The number of rotatable bonds is 5. The Balaban J connectivity index is 1.48. The monoisotopic (exact) mass is 319 g/mol. The molecular weight excluding hydrogens is 294 g/mol. The van der Waals surface area contributed by atoms with E-state index in [0.29, 0.717) is 18.7 Å². The van der Waals surface area contributed by atoms with E-state index >= 15 is 0 Å². The minimum Gasteiger partial charge on any atom is -0.491 e. The number of amides is 1. The second-order valence-corrected chi connectivity index (χ2v) is 6.57. The normalized spacial score (nSPS) is 22.7. The zero-order chi connectivity index (χ0) is 16.3. The van der Waals surface area contributed by atoms with E-state index < -0.39 is 0 Å². The number of carbonyl (C=O) groups is 1. The first-order valence-corrected chi connectivity index (χ1v) is 8.43. The summed E-state index contributed by atoms with van der Waals surface area (Å²) in [6.45, 7) is 4.98. The summed E-state index contributed by atoms with van der Waals surface area (Å²) in [5.41, 5.74) is 0.621. The number of hydrogen-bond donors (Lipinski definition) is 1. The lowest BCUT2D eigenvalue weighted by molar-refractivity contribution is -0.161. The van der Waals surface area contributed by atoms with Gasteiger partial charge in [-0.2, -0.15) is 0 Å². The molecule has 1 saturated carbocycles. The Bertz CT molecular complexity index is 534. The van der Waals surface area contributed by atoms with Gasteiger partial charge in [0.1, 0.15) is 11.9 Å². The molecule has 126 valence electrons. The molecule has 1 aromatic rings. The molecule has 3 rings (SSSR count). The molecule has 1 aliphatic carbocycles. The third-order valence-electron chi connectivity index (χ3n) is 4.26. The molecule has 1 spiro atoms. The van der Waals surface area contributed by atoms with E-state index in [1.54, 1.807) is 12.1 Å². The summed E-state index contributed by atoms with van der Waals surface area (Å²) in [7, 11) is 0. The fourth-order valence-corrected chi connectivity index (χ4v) is 3.16. The highest BCUT2D eigenvalue weighted by Crippen LogP contribution is 2.38. The van der Waals surface area contributed by atoms with Crippen LogP contribution in [0.2, 0.25) is 0 Å². The maximum Gasteiger partial charge on any atom is 0.251 e. The summed E-state index contributed by atoms with van der Waals surface area (Å²) in [6.07, 6.45) is 4.31. The van der Waals surface area contributed by atoms with Gasteiger partial charge in [-0.05, 0) is 51.0 Å². The van der Waals surface area contributed by atoms with Crippen LogP contribution in [0.4, 0.5) is 0 Å². The van der Waals surface area contributed by atoms with E-state index in [1.807, 2.05) is 26.0 Å². The van der Waals surface area contributed by atoms with Gasteiger partial charge in [0.15, 0.2) is 5.79 Å². The van der Waals surface area contributed by atoms with Gasteiger partial charge in [-0.15, -0.1) is 0 Å². The van der Waals surface area contributed by atoms with Crippen molar-refractivity contribution in [2.24, 2.45) is 0 Å². The van der Waals surface area contributed by atoms with Crippen LogP contribution in [-0.2, 0) is 9.47 Å². The first kappa shape index (κ1) is 16.3. The highest BCUT2D eigenvalue weighted by molar-refractivity contribution is 5.94. The SMILES string of the molecule is CC(C)Oc1ccc(C(=O)NC[C@H]2COC3(CCCC3)O2)cc1. The first-order chi connectivity index (χ1) is 11.1. The highest BCUT2D eigenvalue weighted by atomic mass is 16.7. The van der Waals surface area contributed by atoms with Gasteiger partial charge in [0.2, 0.25) is 0 Å². The lowest BCUT2D eigenvalue weighted by atomic mass is 10.2. The topological polar surface area (TPSA) is 56.8 Å². The molecule has 5 heteroatoms. The molecule has 2 fully saturated rings. The predicted molar refractivity (Wildman–Crippen MR) is 86.6 cm³/mol. The summed E-state index contributed by atoms with van der Waals surface area (Å²) in [5.74, 6) is 0.301. The van der Waals surface area contributed by atoms with E-state index in [2.05, 4.69) is 5.32 Å². The number of carbonyl (C=O) groups excluding carboxylic acids is 1. The molecule has 1 aromatic carbocycles. The van der Waals surface area contributed by atoms with Crippen molar-refractivity contribution < 1.29 is 19.0 Å². The maximum atomic E-state index is 12.2. The number of ether oxygens (including phenoxy) is 3. The molecule has 1 aliphatic heterocycles. The van der Waals surface area contributed by atoms with Gasteiger partial charge < -0.3 is 19.5 Å². The number of nitrogens with one attached hydrogen (secondary N) is 1. The molecule has 0 radical (unpaired) electrons. The second-order valence-electron chi connectivity index (χ2n) is 6.57. The van der Waals surface area contributed by atoms with Crippen LogP contribution in [0.25, 0.3) is 0 Å². The van der Waals surface area contributed by atoms with Gasteiger partial charge in [0.05, 0.1) is 12.7 Å². The van der Waals surface area contributed by atoms with Gasteiger partial charge in [-0.1, -0.05) is 0 Å². The minimum atomic E-state index is -0.370. The van der Waals surface area contributed by atoms with Crippen molar-refractivity contribution in [1.29, 1.82) is 0 Å². The van der Waals surface area contributed by atoms with Crippen molar-refractivity contribution in [3.8, 4) is 5.75 Å². The highest BCUT2D eigenvalue weighted by Gasteiger charge is 2.43. The summed E-state index contributed by atoms with van der Waals surface area (Å²) < 4.78 is 17.4. The van der Waals surface area contributed by atoms with Crippen LogP contribution in [0.3, 0.4) is 0 Å². The Morgan fingerprint density at radius 2 is 2.00 bits per heavy atom. The Labute approximate surface area is 137 Å². The number of benzene rings is 1. The Morgan fingerprint density at radius 1 is 1.30 bits per heavy atom. The summed E-state index contributed by atoms with van der Waals surface area (Å²) in [4.78, 5) is 12.2. The van der Waals surface area contributed by atoms with Gasteiger partial charge in [-0.25, -0.2) is 0 Å². The first-order valence-electron chi connectivity index (χ1n) is 8.43. The van der Waals surface area contributed by atoms with Gasteiger partial charge in [0, 0.05) is 24.9 Å². The summed E-state index contributed by atoms with van der Waals surface area (Å²) in [5, 5.41) is 2.92. The molecule has 1 amide bonds. The van der Waals surface area contributed by atoms with Crippen molar-refractivity contribution in [2.45, 2.75) is 57.5 Å². The van der Waals surface area contributed by atoms with Crippen molar-refractivity contribution in [2.75, 3.05) is 13.2 Å². The average Bonchev–Trinajstić information content (AvgIpc) is 3.15. The van der Waals surface area contributed by atoms with Crippen LogP contribution >= 0.6 is 0 Å². The smallest absolute Gasteiger partial charge is 0.251 e. The molecule has 1 saturated heterocycles. The van der Waals surface area contributed by atoms with Crippen LogP contribution < -0.4 is 10.1 Å². The van der Waals surface area contributed by atoms with Crippen LogP contribution in [-0.4, -0.2) is 37.1 Å². The van der Waals surface area contributed by atoms with E-state index in [9.17, 15) is 4.79 Å². The van der Waals surface area contributed by atoms with Crippen molar-refractivity contribution >= 4 is 5.91 Å². The van der Waals surface area contributed by atoms with Crippen LogP contribution in [0, 0.1) is 0 Å². The van der Waals surface area contributed by atoms with E-state index in [1.165, 1.54) is 0 Å². The Kier molecular flexibility index (Phi) is 4.87. The third kappa shape index (κ3) is 4.03. The molecule has 5 nitrogen and oxygen atoms in total. The molecule has 23 heavy (non-hydrogen) atoms. The van der Waals surface area contributed by atoms with Crippen molar-refractivity contribution in [1.82, 2.24) is 5.32 Å². The zero-order valence-corrected chi connectivity index (χ0v) is 13.8. The summed E-state index contributed by atoms with van der Waals surface area (Å²) in [6, 6.07) is 7.18.